The van der Waals surface area contributed by atoms with Gasteiger partial charge in [0.1, 0.15) is 11.2 Å². The largest absolute Gasteiger partial charge is 0.455 e. The van der Waals surface area contributed by atoms with Crippen molar-refractivity contribution in [3.63, 3.8) is 0 Å². The van der Waals surface area contributed by atoms with Crippen LogP contribution >= 0.6 is 0 Å². The first-order chi connectivity index (χ1) is 30.7. The molecule has 0 spiro atoms. The molecule has 0 saturated heterocycles. The molecule has 0 fully saturated rings. The van der Waals surface area contributed by atoms with E-state index in [0.717, 1.165) is 64.4 Å². The van der Waals surface area contributed by atoms with Crippen molar-refractivity contribution in [3.8, 4) is 28.1 Å². The number of para-hydroxylation sites is 4. The van der Waals surface area contributed by atoms with Gasteiger partial charge >= 0.3 is 0 Å². The molecular weight excluding hydrogens is 755 g/mol. The first-order valence-corrected chi connectivity index (χ1v) is 22.0. The molecule has 0 bridgehead atoms. The van der Waals surface area contributed by atoms with Gasteiger partial charge in [0.25, 0.3) is 0 Å². The molecule has 2 aliphatic carbocycles. The molecule has 1 unspecified atom stereocenters. The van der Waals surface area contributed by atoms with Crippen LogP contribution in [0, 0.1) is 0 Å². The van der Waals surface area contributed by atoms with Gasteiger partial charge in [0, 0.05) is 73.5 Å². The Morgan fingerprint density at radius 2 is 1.31 bits per heavy atom. The lowest BCUT2D eigenvalue weighted by atomic mass is 9.89. The van der Waals surface area contributed by atoms with Gasteiger partial charge in [-0.3, -0.25) is 0 Å². The molecule has 7 aromatic carbocycles. The van der Waals surface area contributed by atoms with E-state index in [2.05, 4.69) is 203 Å². The molecule has 9 aromatic rings. The third-order valence-corrected chi connectivity index (χ3v) is 13.8. The summed E-state index contributed by atoms with van der Waals surface area (Å²) in [7, 11) is 2.27. The molecule has 0 radical (unpaired) electrons. The Labute approximate surface area is 360 Å². The standard InChI is InChI=1S/C58H43N3O/c1-59-49-28-7-2-16-37(49)34-35-50(59)42-25-14-26-43-41(42)24-15-32-51(43)61-53-30-9-4-21-47(53)56-46-20-3-8-29-52(46)60(57(56)48-22-5-10-31-54(48)61)39-18-12-17-38(36-39)40-23-13-27-45-44-19-6-11-33-55(44)62-58(40)45/h2-6,8,10-27,29,31-36,49H,7,9,28,30H2,1H3. The molecule has 4 nitrogen and oxygen atoms in total. The zero-order valence-corrected chi connectivity index (χ0v) is 34.6. The van der Waals surface area contributed by atoms with E-state index in [1.807, 2.05) is 6.07 Å². The quantitative estimate of drug-likeness (QED) is 0.177. The number of anilines is 2. The number of hydrogen-bond acceptors (Lipinski definition) is 3. The summed E-state index contributed by atoms with van der Waals surface area (Å²) < 4.78 is 9.08. The monoisotopic (exact) mass is 797 g/mol. The summed E-state index contributed by atoms with van der Waals surface area (Å²) >= 11 is 0. The number of furan rings is 1. The molecule has 1 atom stereocenters. The van der Waals surface area contributed by atoms with Gasteiger partial charge in [-0.2, -0.15) is 0 Å². The number of likely N-dealkylation sites (N-methyl/N-ethyl adjacent to an activating group) is 1. The number of rotatable bonds is 4. The molecule has 4 heteroatoms. The predicted octanol–water partition coefficient (Wildman–Crippen LogP) is 15.2. The van der Waals surface area contributed by atoms with Crippen LogP contribution in [0.5, 0.6) is 0 Å². The zero-order valence-electron chi connectivity index (χ0n) is 34.6. The fraction of sp³-hybridized carbons (Fsp3) is 0.103. The van der Waals surface area contributed by atoms with Crippen LogP contribution in [0.15, 0.2) is 204 Å². The van der Waals surface area contributed by atoms with Gasteiger partial charge < -0.3 is 18.8 Å². The van der Waals surface area contributed by atoms with Crippen molar-refractivity contribution in [1.29, 1.82) is 0 Å². The van der Waals surface area contributed by atoms with Crippen molar-refractivity contribution in [2.24, 2.45) is 0 Å². The topological polar surface area (TPSA) is 24.6 Å². The molecule has 4 aliphatic rings. The summed E-state index contributed by atoms with van der Waals surface area (Å²) in [6.45, 7) is 0. The SMILES string of the molecule is CN1C(c2cccc3c(N4C5=C(C=CCC5)c5c(n(-c6cccc(-c7cccc8c7oc7ccccc78)c6)c6ccccc56)-c5ccccc54)cccc23)=CC=C2C=CCCC21. The Kier molecular flexibility index (Phi) is 7.80. The average Bonchev–Trinajstić information content (AvgIpc) is 3.85. The van der Waals surface area contributed by atoms with Gasteiger partial charge in [0.2, 0.25) is 0 Å². The molecule has 296 valence electrons. The summed E-state index contributed by atoms with van der Waals surface area (Å²) in [5.74, 6) is 0. The van der Waals surface area contributed by atoms with E-state index in [4.69, 9.17) is 4.42 Å². The Morgan fingerprint density at radius 3 is 2.26 bits per heavy atom. The van der Waals surface area contributed by atoms with Crippen LogP contribution in [-0.2, 0) is 0 Å². The van der Waals surface area contributed by atoms with Crippen LogP contribution in [0.4, 0.5) is 11.4 Å². The maximum atomic E-state index is 6.57. The Hall–Kier alpha value is -7.56. The van der Waals surface area contributed by atoms with Crippen LogP contribution in [0.25, 0.3) is 83.0 Å². The molecule has 2 aromatic heterocycles. The van der Waals surface area contributed by atoms with E-state index >= 15 is 0 Å². The smallest absolute Gasteiger partial charge is 0.143 e. The van der Waals surface area contributed by atoms with E-state index in [1.165, 1.54) is 78.0 Å². The first kappa shape index (κ1) is 35.2. The number of hydrogen-bond donors (Lipinski definition) is 0. The van der Waals surface area contributed by atoms with Crippen LogP contribution in [0.3, 0.4) is 0 Å². The van der Waals surface area contributed by atoms with Crippen molar-refractivity contribution in [2.75, 3.05) is 11.9 Å². The van der Waals surface area contributed by atoms with Crippen LogP contribution in [0.2, 0.25) is 0 Å². The molecule has 62 heavy (non-hydrogen) atoms. The van der Waals surface area contributed by atoms with Crippen molar-refractivity contribution >= 4 is 66.3 Å². The van der Waals surface area contributed by atoms with E-state index < -0.39 is 0 Å². The van der Waals surface area contributed by atoms with Crippen molar-refractivity contribution in [2.45, 2.75) is 31.7 Å². The minimum atomic E-state index is 0.400. The minimum Gasteiger partial charge on any atom is -0.455 e. The summed E-state index contributed by atoms with van der Waals surface area (Å²) in [6.07, 6.45) is 18.2. The number of allylic oxidation sites excluding steroid dienone is 7. The van der Waals surface area contributed by atoms with Crippen LogP contribution in [0.1, 0.15) is 36.8 Å². The highest BCUT2D eigenvalue weighted by atomic mass is 16.3. The average molecular weight is 798 g/mol. The molecule has 0 N–H and O–H groups in total. The number of aromatic nitrogens is 1. The summed E-state index contributed by atoms with van der Waals surface area (Å²) in [5, 5.41) is 6.05. The van der Waals surface area contributed by atoms with Crippen molar-refractivity contribution in [1.82, 2.24) is 9.47 Å². The molecule has 13 rings (SSSR count). The van der Waals surface area contributed by atoms with Gasteiger partial charge in [-0.25, -0.2) is 0 Å². The Morgan fingerprint density at radius 1 is 0.581 bits per heavy atom. The fourth-order valence-corrected chi connectivity index (χ4v) is 11.0. The Bertz CT molecular complexity index is 3510. The lowest BCUT2D eigenvalue weighted by molar-refractivity contribution is 0.367. The van der Waals surface area contributed by atoms with Crippen LogP contribution < -0.4 is 4.90 Å². The molecule has 0 amide bonds. The van der Waals surface area contributed by atoms with Crippen molar-refractivity contribution < 1.29 is 4.42 Å². The third kappa shape index (κ3) is 5.13. The second kappa shape index (κ2) is 13.7. The highest BCUT2D eigenvalue weighted by molar-refractivity contribution is 6.12. The van der Waals surface area contributed by atoms with Gasteiger partial charge in [0.05, 0.1) is 28.6 Å². The zero-order chi connectivity index (χ0) is 40.9. The van der Waals surface area contributed by atoms with Gasteiger partial charge in [-0.15, -0.1) is 0 Å². The fourth-order valence-electron chi connectivity index (χ4n) is 11.0. The van der Waals surface area contributed by atoms with E-state index in [0.29, 0.717) is 6.04 Å². The van der Waals surface area contributed by atoms with E-state index in [1.54, 1.807) is 0 Å². The van der Waals surface area contributed by atoms with Crippen LogP contribution in [-0.4, -0.2) is 22.6 Å². The lowest BCUT2D eigenvalue weighted by Crippen LogP contribution is -2.34. The number of fused-ring (bicyclic) bond motifs is 11. The Balaban J connectivity index is 1.04. The second-order valence-electron chi connectivity index (χ2n) is 17.1. The summed E-state index contributed by atoms with van der Waals surface area (Å²) in [4.78, 5) is 5.10. The lowest BCUT2D eigenvalue weighted by Gasteiger charge is -2.37. The number of nitrogens with zero attached hydrogens (tertiary/aromatic N) is 3. The predicted molar refractivity (Wildman–Crippen MR) is 259 cm³/mol. The molecule has 2 aliphatic heterocycles. The molecule has 0 saturated carbocycles. The highest BCUT2D eigenvalue weighted by Gasteiger charge is 2.34. The van der Waals surface area contributed by atoms with E-state index in [9.17, 15) is 0 Å². The molecular formula is C58H43N3O. The van der Waals surface area contributed by atoms with E-state index in [-0.39, 0.29) is 0 Å². The van der Waals surface area contributed by atoms with Gasteiger partial charge in [-0.05, 0) is 84.7 Å². The number of benzene rings is 7. The van der Waals surface area contributed by atoms with Crippen molar-refractivity contribution in [3.05, 3.63) is 211 Å². The third-order valence-electron chi connectivity index (χ3n) is 13.8. The second-order valence-corrected chi connectivity index (χ2v) is 17.1. The summed E-state index contributed by atoms with van der Waals surface area (Å²) in [5.41, 5.74) is 19.0. The minimum absolute atomic E-state index is 0.400. The maximum Gasteiger partial charge on any atom is 0.143 e. The maximum absolute atomic E-state index is 6.57. The van der Waals surface area contributed by atoms with Gasteiger partial charge in [0.15, 0.2) is 0 Å². The highest BCUT2D eigenvalue weighted by Crippen LogP contribution is 2.53. The molecule has 4 heterocycles. The van der Waals surface area contributed by atoms with Gasteiger partial charge in [-0.1, -0.05) is 146 Å². The first-order valence-electron chi connectivity index (χ1n) is 22.0. The normalized spacial score (nSPS) is 17.0. The summed E-state index contributed by atoms with van der Waals surface area (Å²) in [6, 6.07) is 56.1.